The van der Waals surface area contributed by atoms with Crippen LogP contribution in [0.15, 0.2) is 18.2 Å². The van der Waals surface area contributed by atoms with Crippen LogP contribution in [0.3, 0.4) is 0 Å². The highest BCUT2D eigenvalue weighted by atomic mass is 14.9. The predicted octanol–water partition coefficient (Wildman–Crippen LogP) is 1.80. The molecule has 2 rings (SSSR count). The van der Waals surface area contributed by atoms with Crippen LogP contribution in [0, 0.1) is 12.8 Å². The third-order valence-corrected chi connectivity index (χ3v) is 2.85. The first kappa shape index (κ1) is 9.53. The van der Waals surface area contributed by atoms with Gasteiger partial charge in [-0.3, -0.25) is 0 Å². The molecule has 0 radical (unpaired) electrons. The van der Waals surface area contributed by atoms with E-state index in [1.54, 1.807) is 0 Å². The van der Waals surface area contributed by atoms with E-state index in [0.29, 0.717) is 0 Å². The third-order valence-electron chi connectivity index (χ3n) is 2.85. The molecule has 1 aromatic rings. The molecule has 2 heteroatoms. The normalized spacial score (nSPS) is 20.0. The minimum Gasteiger partial charge on any atom is -0.384 e. The Hall–Kier alpha value is -1.02. The molecule has 76 valence electrons. The fourth-order valence-corrected chi connectivity index (χ4v) is 2.10. The Morgan fingerprint density at radius 2 is 2.36 bits per heavy atom. The number of hydrogen-bond donors (Lipinski definition) is 2. The van der Waals surface area contributed by atoms with Crippen LogP contribution in [0.25, 0.3) is 0 Å². The number of hydrogen-bond acceptors (Lipinski definition) is 2. The van der Waals surface area contributed by atoms with Gasteiger partial charge in [-0.25, -0.2) is 0 Å². The summed E-state index contributed by atoms with van der Waals surface area (Å²) < 4.78 is 0. The van der Waals surface area contributed by atoms with Gasteiger partial charge in [-0.15, -0.1) is 0 Å². The topological polar surface area (TPSA) is 24.1 Å². The van der Waals surface area contributed by atoms with Gasteiger partial charge in [0, 0.05) is 12.2 Å². The van der Waals surface area contributed by atoms with Crippen molar-refractivity contribution >= 4 is 5.69 Å². The summed E-state index contributed by atoms with van der Waals surface area (Å²) in [5.41, 5.74) is 4.13. The minimum absolute atomic E-state index is 0.732. The van der Waals surface area contributed by atoms with E-state index in [-0.39, 0.29) is 0 Å². The lowest BCUT2D eigenvalue weighted by Crippen LogP contribution is -2.30. The zero-order valence-electron chi connectivity index (χ0n) is 8.93. The van der Waals surface area contributed by atoms with Crippen LogP contribution in [0.5, 0.6) is 0 Å². The van der Waals surface area contributed by atoms with Crippen LogP contribution < -0.4 is 10.6 Å². The Labute approximate surface area is 85.7 Å². The molecule has 0 aliphatic carbocycles. The highest BCUT2D eigenvalue weighted by molar-refractivity contribution is 5.55. The van der Waals surface area contributed by atoms with Gasteiger partial charge in [0.05, 0.1) is 0 Å². The van der Waals surface area contributed by atoms with E-state index >= 15 is 0 Å². The minimum atomic E-state index is 0.732. The maximum atomic E-state index is 3.50. The summed E-state index contributed by atoms with van der Waals surface area (Å²) in [6.07, 6.45) is 1.20. The van der Waals surface area contributed by atoms with Gasteiger partial charge in [0.1, 0.15) is 0 Å². The largest absolute Gasteiger partial charge is 0.384 e. The van der Waals surface area contributed by atoms with Crippen molar-refractivity contribution in [2.45, 2.75) is 13.3 Å². The molecule has 14 heavy (non-hydrogen) atoms. The molecular formula is C12H18N2. The Morgan fingerprint density at radius 1 is 1.50 bits per heavy atom. The van der Waals surface area contributed by atoms with Gasteiger partial charge in [0.25, 0.3) is 0 Å². The SMILES string of the molecule is CNCC1CNc2cc(C)ccc2C1. The monoisotopic (exact) mass is 190 g/mol. The highest BCUT2D eigenvalue weighted by Crippen LogP contribution is 2.25. The standard InChI is InChI=1S/C12H18N2/c1-9-3-4-11-6-10(7-13-2)8-14-12(11)5-9/h3-5,10,13-14H,6-8H2,1-2H3. The Morgan fingerprint density at radius 3 is 3.14 bits per heavy atom. The summed E-state index contributed by atoms with van der Waals surface area (Å²) in [7, 11) is 2.02. The zero-order valence-corrected chi connectivity index (χ0v) is 8.93. The lowest BCUT2D eigenvalue weighted by atomic mass is 9.93. The fraction of sp³-hybridized carbons (Fsp3) is 0.500. The molecule has 0 amide bonds. The van der Waals surface area contributed by atoms with Gasteiger partial charge in [-0.05, 0) is 50.0 Å². The van der Waals surface area contributed by atoms with Crippen molar-refractivity contribution in [2.24, 2.45) is 5.92 Å². The lowest BCUT2D eigenvalue weighted by molar-refractivity contribution is 0.508. The van der Waals surface area contributed by atoms with Crippen LogP contribution in [-0.4, -0.2) is 20.1 Å². The van der Waals surface area contributed by atoms with Gasteiger partial charge in [-0.1, -0.05) is 12.1 Å². The molecule has 0 aromatic heterocycles. The molecule has 2 N–H and O–H groups in total. The van der Waals surface area contributed by atoms with E-state index in [1.165, 1.54) is 23.2 Å². The third kappa shape index (κ3) is 1.90. The number of anilines is 1. The first-order valence-corrected chi connectivity index (χ1v) is 5.27. The van der Waals surface area contributed by atoms with E-state index in [2.05, 4.69) is 35.8 Å². The average Bonchev–Trinajstić information content (AvgIpc) is 2.19. The van der Waals surface area contributed by atoms with Crippen molar-refractivity contribution < 1.29 is 0 Å². The summed E-state index contributed by atoms with van der Waals surface area (Å²) in [5, 5.41) is 6.74. The van der Waals surface area contributed by atoms with E-state index in [1.807, 2.05) is 7.05 Å². The molecular weight excluding hydrogens is 172 g/mol. The molecule has 1 aliphatic rings. The van der Waals surface area contributed by atoms with Crippen molar-refractivity contribution in [3.8, 4) is 0 Å². The quantitative estimate of drug-likeness (QED) is 0.743. The van der Waals surface area contributed by atoms with Gasteiger partial charge < -0.3 is 10.6 Å². The number of benzene rings is 1. The Kier molecular flexibility index (Phi) is 2.73. The maximum absolute atomic E-state index is 3.50. The van der Waals surface area contributed by atoms with E-state index < -0.39 is 0 Å². The molecule has 0 fully saturated rings. The van der Waals surface area contributed by atoms with Gasteiger partial charge >= 0.3 is 0 Å². The number of nitrogens with one attached hydrogen (secondary N) is 2. The van der Waals surface area contributed by atoms with Gasteiger partial charge in [0.2, 0.25) is 0 Å². The highest BCUT2D eigenvalue weighted by Gasteiger charge is 2.16. The fourth-order valence-electron chi connectivity index (χ4n) is 2.10. The smallest absolute Gasteiger partial charge is 0.0375 e. The first-order valence-electron chi connectivity index (χ1n) is 5.27. The van der Waals surface area contributed by atoms with Crippen molar-refractivity contribution in [3.63, 3.8) is 0 Å². The second kappa shape index (κ2) is 4.01. The van der Waals surface area contributed by atoms with Crippen LogP contribution >= 0.6 is 0 Å². The van der Waals surface area contributed by atoms with E-state index in [9.17, 15) is 0 Å². The molecule has 1 aromatic carbocycles. The molecule has 2 nitrogen and oxygen atoms in total. The maximum Gasteiger partial charge on any atom is 0.0375 e. The van der Waals surface area contributed by atoms with Crippen molar-refractivity contribution in [3.05, 3.63) is 29.3 Å². The number of fused-ring (bicyclic) bond motifs is 1. The van der Waals surface area contributed by atoms with Crippen LogP contribution in [-0.2, 0) is 6.42 Å². The average molecular weight is 190 g/mol. The number of aryl methyl sites for hydroxylation is 1. The lowest BCUT2D eigenvalue weighted by Gasteiger charge is -2.26. The molecule has 0 bridgehead atoms. The predicted molar refractivity (Wildman–Crippen MR) is 60.8 cm³/mol. The van der Waals surface area contributed by atoms with Crippen LogP contribution in [0.1, 0.15) is 11.1 Å². The van der Waals surface area contributed by atoms with Crippen molar-refractivity contribution in [2.75, 3.05) is 25.5 Å². The molecule has 0 spiro atoms. The summed E-state index contributed by atoms with van der Waals surface area (Å²) in [4.78, 5) is 0. The Bertz CT molecular complexity index is 320. The van der Waals surface area contributed by atoms with Gasteiger partial charge in [0.15, 0.2) is 0 Å². The summed E-state index contributed by atoms with van der Waals surface area (Å²) in [6.45, 7) is 4.33. The first-order chi connectivity index (χ1) is 6.79. The molecule has 0 saturated heterocycles. The van der Waals surface area contributed by atoms with Crippen LogP contribution in [0.4, 0.5) is 5.69 Å². The Balaban J connectivity index is 2.15. The van der Waals surface area contributed by atoms with Crippen LogP contribution in [0.2, 0.25) is 0 Å². The molecule has 0 saturated carbocycles. The summed E-state index contributed by atoms with van der Waals surface area (Å²) in [5.74, 6) is 0.732. The van der Waals surface area contributed by atoms with Crippen molar-refractivity contribution in [1.82, 2.24) is 5.32 Å². The molecule has 1 atom stereocenters. The van der Waals surface area contributed by atoms with E-state index in [4.69, 9.17) is 0 Å². The summed E-state index contributed by atoms with van der Waals surface area (Å²) >= 11 is 0. The second-order valence-corrected chi connectivity index (χ2v) is 4.17. The molecule has 1 unspecified atom stereocenters. The van der Waals surface area contributed by atoms with E-state index in [0.717, 1.165) is 19.0 Å². The zero-order chi connectivity index (χ0) is 9.97. The molecule has 1 aliphatic heterocycles. The second-order valence-electron chi connectivity index (χ2n) is 4.17. The van der Waals surface area contributed by atoms with Gasteiger partial charge in [-0.2, -0.15) is 0 Å². The van der Waals surface area contributed by atoms with Crippen molar-refractivity contribution in [1.29, 1.82) is 0 Å². The number of rotatable bonds is 2. The summed E-state index contributed by atoms with van der Waals surface area (Å²) in [6, 6.07) is 6.69. The molecule has 1 heterocycles.